The summed E-state index contributed by atoms with van der Waals surface area (Å²) in [5, 5.41) is 16.8. The summed E-state index contributed by atoms with van der Waals surface area (Å²) in [5.74, 6) is -3.20. The van der Waals surface area contributed by atoms with E-state index in [4.69, 9.17) is 10.2 Å². The lowest BCUT2D eigenvalue weighted by atomic mass is 10.1. The molecule has 0 aliphatic heterocycles. The quantitative estimate of drug-likeness (QED) is 0.600. The Kier molecular flexibility index (Phi) is 4.69. The van der Waals surface area contributed by atoms with Crippen molar-refractivity contribution in [1.29, 1.82) is 0 Å². The van der Waals surface area contributed by atoms with Gasteiger partial charge < -0.3 is 10.2 Å². The monoisotopic (exact) mass is 178 g/mol. The molecule has 11 heavy (non-hydrogen) atoms. The van der Waals surface area contributed by atoms with Crippen LogP contribution in [0.4, 0.5) is 0 Å². The van der Waals surface area contributed by atoms with Crippen LogP contribution in [0, 0.1) is 5.92 Å². The molecule has 0 aliphatic carbocycles. The maximum Gasteiger partial charge on any atom is 0.317 e. The smallest absolute Gasteiger partial charge is 0.317 e. The largest absolute Gasteiger partial charge is 0.481 e. The van der Waals surface area contributed by atoms with Gasteiger partial charge in [0.1, 0.15) is 0 Å². The van der Waals surface area contributed by atoms with Gasteiger partial charge in [0.05, 0.1) is 0 Å². The zero-order chi connectivity index (χ0) is 8.85. The van der Waals surface area contributed by atoms with E-state index < -0.39 is 17.9 Å². The van der Waals surface area contributed by atoms with E-state index in [9.17, 15) is 9.59 Å². The van der Waals surface area contributed by atoms with E-state index in [1.807, 2.05) is 0 Å². The van der Waals surface area contributed by atoms with Gasteiger partial charge in [-0.15, -0.1) is 0 Å². The molecule has 0 aromatic rings. The summed E-state index contributed by atoms with van der Waals surface area (Å²) in [5.41, 5.74) is 0. The van der Waals surface area contributed by atoms with Crippen LogP contribution < -0.4 is 0 Å². The minimum atomic E-state index is -1.26. The first-order valence-corrected chi connectivity index (χ1v) is 4.43. The highest BCUT2D eigenvalue weighted by atomic mass is 32.2. The third kappa shape index (κ3) is 3.87. The van der Waals surface area contributed by atoms with Crippen LogP contribution in [-0.4, -0.2) is 34.2 Å². The fourth-order valence-corrected chi connectivity index (χ4v) is 1.06. The Labute approximate surface area is 68.6 Å². The molecule has 2 N–H and O–H groups in total. The van der Waals surface area contributed by atoms with Gasteiger partial charge in [0.15, 0.2) is 5.92 Å². The van der Waals surface area contributed by atoms with Crippen molar-refractivity contribution >= 4 is 23.7 Å². The summed E-state index contributed by atoms with van der Waals surface area (Å²) >= 11 is 1.44. The Bertz CT molecular complexity index is 143. The molecule has 0 saturated carbocycles. The average Bonchev–Trinajstić information content (AvgIpc) is 1.87. The van der Waals surface area contributed by atoms with Crippen molar-refractivity contribution in [3.8, 4) is 0 Å². The second kappa shape index (κ2) is 5.01. The molecule has 0 bridgehead atoms. The van der Waals surface area contributed by atoms with Crippen molar-refractivity contribution in [2.75, 3.05) is 12.0 Å². The predicted molar refractivity (Wildman–Crippen MR) is 41.8 cm³/mol. The fourth-order valence-electron chi connectivity index (χ4n) is 0.588. The van der Waals surface area contributed by atoms with Crippen LogP contribution >= 0.6 is 11.8 Å². The number of rotatable bonds is 5. The summed E-state index contributed by atoms with van der Waals surface area (Å²) in [6.45, 7) is 0. The first-order valence-electron chi connectivity index (χ1n) is 3.04. The number of hydrogen-bond donors (Lipinski definition) is 2. The summed E-state index contributed by atoms with van der Waals surface area (Å²) in [6.07, 6.45) is 1.99. The Morgan fingerprint density at radius 1 is 1.36 bits per heavy atom. The van der Waals surface area contributed by atoms with Crippen LogP contribution in [0.2, 0.25) is 0 Å². The van der Waals surface area contributed by atoms with Crippen molar-refractivity contribution in [2.45, 2.75) is 6.42 Å². The minimum absolute atomic E-state index is 0.186. The second-order valence-electron chi connectivity index (χ2n) is 2.01. The standard InChI is InChI=1S/C6H10O4S/c1-11-3-2-4(5(7)8)6(9)10/h4H,2-3H2,1H3,(H,7,8)(H,9,10). The zero-order valence-corrected chi connectivity index (χ0v) is 6.93. The molecule has 0 aliphatic rings. The van der Waals surface area contributed by atoms with Crippen LogP contribution in [0.1, 0.15) is 6.42 Å². The zero-order valence-electron chi connectivity index (χ0n) is 6.11. The van der Waals surface area contributed by atoms with E-state index in [1.165, 1.54) is 11.8 Å². The normalized spacial score (nSPS) is 10.0. The Morgan fingerprint density at radius 3 is 2.09 bits per heavy atom. The number of carboxylic acid groups (broad SMARTS) is 2. The fraction of sp³-hybridized carbons (Fsp3) is 0.667. The number of thioether (sulfide) groups is 1. The Morgan fingerprint density at radius 2 is 1.82 bits per heavy atom. The first-order chi connectivity index (χ1) is 5.09. The van der Waals surface area contributed by atoms with Gasteiger partial charge in [-0.05, 0) is 18.4 Å². The van der Waals surface area contributed by atoms with Crippen molar-refractivity contribution < 1.29 is 19.8 Å². The average molecular weight is 178 g/mol. The molecule has 0 saturated heterocycles. The van der Waals surface area contributed by atoms with Crippen LogP contribution in [-0.2, 0) is 9.59 Å². The van der Waals surface area contributed by atoms with Gasteiger partial charge in [0, 0.05) is 0 Å². The molecule has 64 valence electrons. The molecule has 5 heteroatoms. The first kappa shape index (κ1) is 10.3. The highest BCUT2D eigenvalue weighted by Gasteiger charge is 2.24. The highest BCUT2D eigenvalue weighted by molar-refractivity contribution is 7.98. The van der Waals surface area contributed by atoms with E-state index in [1.54, 1.807) is 6.26 Å². The lowest BCUT2D eigenvalue weighted by Gasteiger charge is -2.04. The van der Waals surface area contributed by atoms with Gasteiger partial charge in [0.25, 0.3) is 0 Å². The summed E-state index contributed by atoms with van der Waals surface area (Å²) in [7, 11) is 0. The van der Waals surface area contributed by atoms with Gasteiger partial charge >= 0.3 is 11.9 Å². The van der Waals surface area contributed by atoms with Gasteiger partial charge in [0.2, 0.25) is 0 Å². The molecule has 0 heterocycles. The molecule has 0 aromatic heterocycles. The van der Waals surface area contributed by atoms with Crippen molar-refractivity contribution in [2.24, 2.45) is 5.92 Å². The third-order valence-electron chi connectivity index (χ3n) is 1.21. The van der Waals surface area contributed by atoms with Gasteiger partial charge in [-0.25, -0.2) is 0 Å². The maximum absolute atomic E-state index is 10.3. The molecule has 0 spiro atoms. The molecular weight excluding hydrogens is 168 g/mol. The number of aliphatic carboxylic acids is 2. The minimum Gasteiger partial charge on any atom is -0.481 e. The van der Waals surface area contributed by atoms with Crippen molar-refractivity contribution in [3.63, 3.8) is 0 Å². The van der Waals surface area contributed by atoms with E-state index in [0.717, 1.165) is 0 Å². The molecular formula is C6H10O4S. The number of hydrogen-bond acceptors (Lipinski definition) is 3. The van der Waals surface area contributed by atoms with Crippen molar-refractivity contribution in [1.82, 2.24) is 0 Å². The van der Waals surface area contributed by atoms with E-state index in [2.05, 4.69) is 0 Å². The molecule has 0 amide bonds. The molecule has 4 nitrogen and oxygen atoms in total. The van der Waals surface area contributed by atoms with Crippen LogP contribution in [0.3, 0.4) is 0 Å². The molecule has 0 radical (unpaired) electrons. The van der Waals surface area contributed by atoms with Gasteiger partial charge in [-0.3, -0.25) is 9.59 Å². The molecule has 0 aromatic carbocycles. The third-order valence-corrected chi connectivity index (χ3v) is 1.85. The lowest BCUT2D eigenvalue weighted by Crippen LogP contribution is -2.23. The van der Waals surface area contributed by atoms with E-state index in [-0.39, 0.29) is 6.42 Å². The Balaban J connectivity index is 3.90. The second-order valence-corrected chi connectivity index (χ2v) is 3.00. The van der Waals surface area contributed by atoms with Gasteiger partial charge in [-0.1, -0.05) is 0 Å². The van der Waals surface area contributed by atoms with Crippen molar-refractivity contribution in [3.05, 3.63) is 0 Å². The number of carboxylic acids is 2. The molecule has 0 unspecified atom stereocenters. The predicted octanol–water partition coefficient (Wildman–Crippen LogP) is 0.525. The summed E-state index contributed by atoms with van der Waals surface area (Å²) in [6, 6.07) is 0. The highest BCUT2D eigenvalue weighted by Crippen LogP contribution is 2.07. The van der Waals surface area contributed by atoms with E-state index >= 15 is 0 Å². The molecule has 0 fully saturated rings. The van der Waals surface area contributed by atoms with Gasteiger partial charge in [-0.2, -0.15) is 11.8 Å². The maximum atomic E-state index is 10.3. The topological polar surface area (TPSA) is 74.6 Å². The number of carbonyl (C=O) groups is 2. The van der Waals surface area contributed by atoms with Crippen LogP contribution in [0.25, 0.3) is 0 Å². The van der Waals surface area contributed by atoms with Crippen LogP contribution in [0.15, 0.2) is 0 Å². The molecule has 0 rings (SSSR count). The SMILES string of the molecule is CSCCC(C(=O)O)C(=O)O. The Hall–Kier alpha value is -0.710. The van der Waals surface area contributed by atoms with E-state index in [0.29, 0.717) is 5.75 Å². The lowest BCUT2D eigenvalue weighted by molar-refractivity contribution is -0.154. The summed E-state index contributed by atoms with van der Waals surface area (Å²) in [4.78, 5) is 20.5. The van der Waals surface area contributed by atoms with Crippen LogP contribution in [0.5, 0.6) is 0 Å². The molecule has 0 atom stereocenters. The summed E-state index contributed by atoms with van der Waals surface area (Å²) < 4.78 is 0.